The first-order chi connectivity index (χ1) is 9.97. The predicted octanol–water partition coefficient (Wildman–Crippen LogP) is 3.23. The third-order valence-electron chi connectivity index (χ3n) is 3.10. The van der Waals surface area contributed by atoms with Gasteiger partial charge in [0.05, 0.1) is 6.20 Å². The third-order valence-corrected chi connectivity index (χ3v) is 3.34. The van der Waals surface area contributed by atoms with Gasteiger partial charge in [-0.2, -0.15) is 0 Å². The van der Waals surface area contributed by atoms with Crippen molar-refractivity contribution in [3.05, 3.63) is 53.4 Å². The van der Waals surface area contributed by atoms with Crippen LogP contribution in [0, 0.1) is 0 Å². The van der Waals surface area contributed by atoms with Gasteiger partial charge in [0.25, 0.3) is 0 Å². The fourth-order valence-electron chi connectivity index (χ4n) is 1.84. The lowest BCUT2D eigenvalue weighted by Crippen LogP contribution is -2.39. The molecule has 1 heterocycles. The summed E-state index contributed by atoms with van der Waals surface area (Å²) >= 11 is 6.01. The van der Waals surface area contributed by atoms with E-state index in [0.717, 1.165) is 5.56 Å². The Morgan fingerprint density at radius 3 is 2.81 bits per heavy atom. The maximum Gasteiger partial charge on any atom is 0.320 e. The van der Waals surface area contributed by atoms with Gasteiger partial charge in [0.2, 0.25) is 0 Å². The summed E-state index contributed by atoms with van der Waals surface area (Å²) in [5, 5.41) is 6.14. The quantitative estimate of drug-likeness (QED) is 0.911. The molecule has 0 bridgehead atoms. The van der Waals surface area contributed by atoms with Crippen LogP contribution in [0.2, 0.25) is 5.02 Å². The number of halogens is 1. The predicted molar refractivity (Wildman–Crippen MR) is 83.5 cm³/mol. The molecule has 2 N–H and O–H groups in total. The number of amides is 2. The van der Waals surface area contributed by atoms with Crippen LogP contribution < -0.4 is 10.6 Å². The van der Waals surface area contributed by atoms with Crippen LogP contribution in [-0.4, -0.2) is 22.5 Å². The molecule has 0 aliphatic heterocycles. The molecular formula is C15H17ClN4O. The van der Waals surface area contributed by atoms with Crippen molar-refractivity contribution in [2.75, 3.05) is 11.9 Å². The van der Waals surface area contributed by atoms with E-state index in [2.05, 4.69) is 20.6 Å². The van der Waals surface area contributed by atoms with Crippen molar-refractivity contribution < 1.29 is 4.79 Å². The first-order valence-corrected chi connectivity index (χ1v) is 6.92. The molecule has 2 aromatic rings. The standard InChI is InChI=1S/C15H17ClN4O/c1-15(2,11-4-3-5-12(16)8-11)10-19-14(21)20-13-9-17-6-7-18-13/h3-9H,10H2,1-2H3,(H2,18,19,20,21). The van der Waals surface area contributed by atoms with Gasteiger partial charge < -0.3 is 5.32 Å². The maximum atomic E-state index is 11.8. The van der Waals surface area contributed by atoms with Gasteiger partial charge >= 0.3 is 6.03 Å². The molecule has 1 aromatic carbocycles. The van der Waals surface area contributed by atoms with Gasteiger partial charge in [0.1, 0.15) is 0 Å². The Balaban J connectivity index is 1.94. The molecule has 0 aliphatic carbocycles. The molecule has 0 unspecified atom stereocenters. The molecule has 2 amide bonds. The van der Waals surface area contributed by atoms with Gasteiger partial charge in [-0.25, -0.2) is 9.78 Å². The normalized spacial score (nSPS) is 11.0. The smallest absolute Gasteiger partial charge is 0.320 e. The number of hydrogen-bond donors (Lipinski definition) is 2. The molecule has 110 valence electrons. The Bertz CT molecular complexity index is 616. The Morgan fingerprint density at radius 1 is 1.33 bits per heavy atom. The molecule has 0 saturated heterocycles. The van der Waals surface area contributed by atoms with Gasteiger partial charge in [-0.15, -0.1) is 0 Å². The lowest BCUT2D eigenvalue weighted by Gasteiger charge is -2.25. The zero-order chi connectivity index (χ0) is 15.3. The third kappa shape index (κ3) is 4.43. The van der Waals surface area contributed by atoms with Crippen molar-refractivity contribution in [3.63, 3.8) is 0 Å². The van der Waals surface area contributed by atoms with Crippen LogP contribution in [0.1, 0.15) is 19.4 Å². The average Bonchev–Trinajstić information content (AvgIpc) is 2.46. The van der Waals surface area contributed by atoms with Crippen molar-refractivity contribution >= 4 is 23.4 Å². The summed E-state index contributed by atoms with van der Waals surface area (Å²) in [7, 11) is 0. The summed E-state index contributed by atoms with van der Waals surface area (Å²) in [6.07, 6.45) is 4.55. The van der Waals surface area contributed by atoms with Gasteiger partial charge in [0, 0.05) is 29.4 Å². The molecule has 0 fully saturated rings. The molecule has 0 radical (unpaired) electrons. The minimum atomic E-state index is -0.314. The summed E-state index contributed by atoms with van der Waals surface area (Å²) in [4.78, 5) is 19.7. The van der Waals surface area contributed by atoms with E-state index in [0.29, 0.717) is 17.4 Å². The minimum absolute atomic E-state index is 0.232. The van der Waals surface area contributed by atoms with Crippen LogP contribution in [0.15, 0.2) is 42.9 Å². The van der Waals surface area contributed by atoms with Gasteiger partial charge in [-0.05, 0) is 17.7 Å². The summed E-state index contributed by atoms with van der Waals surface area (Å²) < 4.78 is 0. The molecule has 0 saturated carbocycles. The van der Waals surface area contributed by atoms with Crippen LogP contribution in [0.4, 0.5) is 10.6 Å². The molecule has 6 heteroatoms. The van der Waals surface area contributed by atoms with Crippen LogP contribution in [0.25, 0.3) is 0 Å². The van der Waals surface area contributed by atoms with Crippen molar-refractivity contribution in [3.8, 4) is 0 Å². The number of carbonyl (C=O) groups excluding carboxylic acids is 1. The Kier molecular flexibility index (Phi) is 4.75. The summed E-state index contributed by atoms with van der Waals surface area (Å²) in [5.74, 6) is 0.413. The van der Waals surface area contributed by atoms with E-state index in [1.54, 1.807) is 6.20 Å². The van der Waals surface area contributed by atoms with Crippen LogP contribution in [0.3, 0.4) is 0 Å². The first-order valence-electron chi connectivity index (χ1n) is 6.54. The fraction of sp³-hybridized carbons (Fsp3) is 0.267. The number of anilines is 1. The van der Waals surface area contributed by atoms with Gasteiger partial charge in [-0.3, -0.25) is 10.3 Å². The highest BCUT2D eigenvalue weighted by Gasteiger charge is 2.21. The SMILES string of the molecule is CC(C)(CNC(=O)Nc1cnccn1)c1cccc(Cl)c1. The molecule has 5 nitrogen and oxygen atoms in total. The number of aromatic nitrogens is 2. The van der Waals surface area contributed by atoms with Crippen LogP contribution >= 0.6 is 11.6 Å². The molecule has 0 aliphatic rings. The lowest BCUT2D eigenvalue weighted by atomic mass is 9.85. The Labute approximate surface area is 128 Å². The highest BCUT2D eigenvalue weighted by molar-refractivity contribution is 6.30. The monoisotopic (exact) mass is 304 g/mol. The van der Waals surface area contributed by atoms with Gasteiger partial charge in [0.15, 0.2) is 5.82 Å². The van der Waals surface area contributed by atoms with Crippen molar-refractivity contribution in [2.24, 2.45) is 0 Å². The van der Waals surface area contributed by atoms with E-state index in [9.17, 15) is 4.79 Å². The number of nitrogens with one attached hydrogen (secondary N) is 2. The zero-order valence-corrected chi connectivity index (χ0v) is 12.7. The second-order valence-corrected chi connectivity index (χ2v) is 5.73. The van der Waals surface area contributed by atoms with E-state index >= 15 is 0 Å². The highest BCUT2D eigenvalue weighted by Crippen LogP contribution is 2.24. The van der Waals surface area contributed by atoms with Crippen LogP contribution in [0.5, 0.6) is 0 Å². The second kappa shape index (κ2) is 6.54. The Morgan fingerprint density at radius 2 is 2.14 bits per heavy atom. The number of rotatable bonds is 4. The van der Waals surface area contributed by atoms with Crippen molar-refractivity contribution in [1.29, 1.82) is 0 Å². The molecular weight excluding hydrogens is 288 g/mol. The number of hydrogen-bond acceptors (Lipinski definition) is 3. The largest absolute Gasteiger partial charge is 0.337 e. The fourth-order valence-corrected chi connectivity index (χ4v) is 2.03. The number of nitrogens with zero attached hydrogens (tertiary/aromatic N) is 2. The summed E-state index contributed by atoms with van der Waals surface area (Å²) in [6.45, 7) is 4.56. The van der Waals surface area contributed by atoms with Gasteiger partial charge in [-0.1, -0.05) is 37.6 Å². The number of carbonyl (C=O) groups is 1. The van der Waals surface area contributed by atoms with Crippen molar-refractivity contribution in [2.45, 2.75) is 19.3 Å². The van der Waals surface area contributed by atoms with E-state index in [1.165, 1.54) is 12.4 Å². The van der Waals surface area contributed by atoms with Crippen LogP contribution in [-0.2, 0) is 5.41 Å². The topological polar surface area (TPSA) is 66.9 Å². The number of benzene rings is 1. The Hall–Kier alpha value is -2.14. The van der Waals surface area contributed by atoms with E-state index in [-0.39, 0.29) is 11.4 Å². The summed E-state index contributed by atoms with van der Waals surface area (Å²) in [5.41, 5.74) is 0.833. The molecule has 2 rings (SSSR count). The first kappa shape index (κ1) is 15.3. The zero-order valence-electron chi connectivity index (χ0n) is 11.9. The summed E-state index contributed by atoms with van der Waals surface area (Å²) in [6, 6.07) is 7.32. The maximum absolute atomic E-state index is 11.8. The molecule has 0 spiro atoms. The van der Waals surface area contributed by atoms with E-state index in [1.807, 2.05) is 38.1 Å². The molecule has 21 heavy (non-hydrogen) atoms. The van der Waals surface area contributed by atoms with E-state index in [4.69, 9.17) is 11.6 Å². The average molecular weight is 305 g/mol. The van der Waals surface area contributed by atoms with E-state index < -0.39 is 0 Å². The van der Waals surface area contributed by atoms with Crippen molar-refractivity contribution in [1.82, 2.24) is 15.3 Å². The highest BCUT2D eigenvalue weighted by atomic mass is 35.5. The minimum Gasteiger partial charge on any atom is -0.337 e. The number of urea groups is 1. The molecule has 0 atom stereocenters. The lowest BCUT2D eigenvalue weighted by molar-refractivity contribution is 0.249. The molecule has 1 aromatic heterocycles. The second-order valence-electron chi connectivity index (χ2n) is 5.29.